The molecule has 0 aliphatic rings. The lowest BCUT2D eigenvalue weighted by atomic mass is 10.0. The Morgan fingerprint density at radius 1 is 1.14 bits per heavy atom. The van der Waals surface area contributed by atoms with Gasteiger partial charge in [-0.2, -0.15) is 0 Å². The van der Waals surface area contributed by atoms with Crippen LogP contribution in [-0.2, 0) is 0 Å². The summed E-state index contributed by atoms with van der Waals surface area (Å²) in [6.07, 6.45) is 0. The smallest absolute Gasteiger partial charge is 0.290 e. The van der Waals surface area contributed by atoms with Gasteiger partial charge in [-0.15, -0.1) is 0 Å². The van der Waals surface area contributed by atoms with E-state index < -0.39 is 0 Å². The minimum absolute atomic E-state index is 0.104. The fourth-order valence-electron chi connectivity index (χ4n) is 2.30. The number of aromatic nitrogens is 1. The Balaban J connectivity index is 1.80. The standard InChI is InChI=1S/C17H16N2O2/c1-11-9-16(21-19-11)17(20)18-12(2)14-8-7-13-5-3-4-6-15(13)10-14/h3-10,12H,1-2H3,(H,18,20). The van der Waals surface area contributed by atoms with E-state index in [1.807, 2.05) is 25.1 Å². The zero-order valence-corrected chi connectivity index (χ0v) is 12.0. The van der Waals surface area contributed by atoms with Gasteiger partial charge < -0.3 is 9.84 Å². The second kappa shape index (κ2) is 5.40. The number of hydrogen-bond acceptors (Lipinski definition) is 3. The Kier molecular flexibility index (Phi) is 3.44. The van der Waals surface area contributed by atoms with Crippen LogP contribution in [0.15, 0.2) is 53.1 Å². The average Bonchev–Trinajstić information content (AvgIpc) is 2.93. The monoisotopic (exact) mass is 280 g/mol. The fourth-order valence-corrected chi connectivity index (χ4v) is 2.30. The molecule has 0 aliphatic heterocycles. The van der Waals surface area contributed by atoms with Crippen LogP contribution in [0.1, 0.15) is 34.8 Å². The minimum Gasteiger partial charge on any atom is -0.351 e. The molecule has 1 heterocycles. The second-order valence-electron chi connectivity index (χ2n) is 5.13. The number of carbonyl (C=O) groups excluding carboxylic acids is 1. The van der Waals surface area contributed by atoms with Gasteiger partial charge in [0.2, 0.25) is 5.76 Å². The van der Waals surface area contributed by atoms with Gasteiger partial charge in [0.25, 0.3) is 5.91 Å². The van der Waals surface area contributed by atoms with Crippen molar-refractivity contribution in [2.45, 2.75) is 19.9 Å². The van der Waals surface area contributed by atoms with Crippen molar-refractivity contribution in [1.82, 2.24) is 10.5 Å². The van der Waals surface area contributed by atoms with E-state index in [1.165, 1.54) is 5.39 Å². The van der Waals surface area contributed by atoms with E-state index in [4.69, 9.17) is 4.52 Å². The molecule has 3 rings (SSSR count). The van der Waals surface area contributed by atoms with Gasteiger partial charge in [0, 0.05) is 6.07 Å². The molecule has 21 heavy (non-hydrogen) atoms. The van der Waals surface area contributed by atoms with Gasteiger partial charge in [-0.1, -0.05) is 41.6 Å². The van der Waals surface area contributed by atoms with E-state index in [1.54, 1.807) is 13.0 Å². The Bertz CT molecular complexity index is 792. The number of benzene rings is 2. The summed E-state index contributed by atoms with van der Waals surface area (Å²) in [7, 11) is 0. The van der Waals surface area contributed by atoms with Gasteiger partial charge in [-0.25, -0.2) is 0 Å². The third kappa shape index (κ3) is 2.79. The fraction of sp³-hybridized carbons (Fsp3) is 0.176. The van der Waals surface area contributed by atoms with Crippen molar-refractivity contribution in [1.29, 1.82) is 0 Å². The molecule has 0 radical (unpaired) electrons. The zero-order valence-electron chi connectivity index (χ0n) is 12.0. The highest BCUT2D eigenvalue weighted by Gasteiger charge is 2.15. The normalized spacial score (nSPS) is 12.3. The van der Waals surface area contributed by atoms with Gasteiger partial charge >= 0.3 is 0 Å². The first-order valence-electron chi connectivity index (χ1n) is 6.86. The van der Waals surface area contributed by atoms with Crippen molar-refractivity contribution in [2.24, 2.45) is 0 Å². The first-order valence-corrected chi connectivity index (χ1v) is 6.86. The Morgan fingerprint density at radius 3 is 2.62 bits per heavy atom. The molecule has 1 unspecified atom stereocenters. The van der Waals surface area contributed by atoms with E-state index in [-0.39, 0.29) is 17.7 Å². The molecule has 2 aromatic carbocycles. The van der Waals surface area contributed by atoms with Crippen molar-refractivity contribution < 1.29 is 9.32 Å². The number of nitrogens with zero attached hydrogens (tertiary/aromatic N) is 1. The molecule has 0 spiro atoms. The number of rotatable bonds is 3. The van der Waals surface area contributed by atoms with Crippen LogP contribution in [0.5, 0.6) is 0 Å². The minimum atomic E-state index is -0.253. The molecule has 4 nitrogen and oxygen atoms in total. The third-order valence-electron chi connectivity index (χ3n) is 3.47. The summed E-state index contributed by atoms with van der Waals surface area (Å²) in [6.45, 7) is 3.73. The Morgan fingerprint density at radius 2 is 1.90 bits per heavy atom. The number of hydrogen-bond donors (Lipinski definition) is 1. The topological polar surface area (TPSA) is 55.1 Å². The molecule has 3 aromatic rings. The first-order chi connectivity index (χ1) is 10.1. The number of nitrogens with one attached hydrogen (secondary N) is 1. The van der Waals surface area contributed by atoms with Gasteiger partial charge in [-0.05, 0) is 36.2 Å². The van der Waals surface area contributed by atoms with Crippen LogP contribution in [-0.4, -0.2) is 11.1 Å². The first kappa shape index (κ1) is 13.4. The maximum Gasteiger partial charge on any atom is 0.290 e. The van der Waals surface area contributed by atoms with Gasteiger partial charge in [0.1, 0.15) is 0 Å². The number of aryl methyl sites for hydroxylation is 1. The van der Waals surface area contributed by atoms with E-state index in [9.17, 15) is 4.79 Å². The van der Waals surface area contributed by atoms with Gasteiger partial charge in [-0.3, -0.25) is 4.79 Å². The number of carbonyl (C=O) groups is 1. The average molecular weight is 280 g/mol. The maximum absolute atomic E-state index is 12.1. The van der Waals surface area contributed by atoms with E-state index >= 15 is 0 Å². The summed E-state index contributed by atoms with van der Waals surface area (Å²) in [5.74, 6) is -0.0172. The summed E-state index contributed by atoms with van der Waals surface area (Å²) in [4.78, 5) is 12.1. The molecule has 4 heteroatoms. The molecule has 1 amide bonds. The van der Waals surface area contributed by atoms with Crippen molar-refractivity contribution in [3.63, 3.8) is 0 Å². The van der Waals surface area contributed by atoms with Crippen LogP contribution in [0.25, 0.3) is 10.8 Å². The predicted molar refractivity (Wildman–Crippen MR) is 81.1 cm³/mol. The summed E-state index contributed by atoms with van der Waals surface area (Å²) in [6, 6.07) is 15.9. The van der Waals surface area contributed by atoms with Gasteiger partial charge in [0.15, 0.2) is 0 Å². The summed E-state index contributed by atoms with van der Waals surface area (Å²) in [5.41, 5.74) is 1.75. The Hall–Kier alpha value is -2.62. The van der Waals surface area contributed by atoms with Crippen LogP contribution in [0.2, 0.25) is 0 Å². The van der Waals surface area contributed by atoms with Crippen LogP contribution >= 0.6 is 0 Å². The van der Waals surface area contributed by atoms with Gasteiger partial charge in [0.05, 0.1) is 11.7 Å². The van der Waals surface area contributed by atoms with Crippen molar-refractivity contribution in [3.8, 4) is 0 Å². The lowest BCUT2D eigenvalue weighted by Crippen LogP contribution is -2.26. The van der Waals surface area contributed by atoms with Crippen LogP contribution in [0.4, 0.5) is 0 Å². The highest BCUT2D eigenvalue weighted by atomic mass is 16.5. The van der Waals surface area contributed by atoms with Crippen molar-refractivity contribution >= 4 is 16.7 Å². The molecule has 0 fully saturated rings. The predicted octanol–water partition coefficient (Wildman–Crippen LogP) is 3.63. The number of fused-ring (bicyclic) bond motifs is 1. The molecular formula is C17H16N2O2. The maximum atomic E-state index is 12.1. The summed E-state index contributed by atoms with van der Waals surface area (Å²) in [5, 5.41) is 8.99. The molecule has 1 N–H and O–H groups in total. The number of amides is 1. The molecule has 106 valence electrons. The van der Waals surface area contributed by atoms with E-state index in [0.29, 0.717) is 5.69 Å². The van der Waals surface area contributed by atoms with Crippen LogP contribution in [0.3, 0.4) is 0 Å². The van der Waals surface area contributed by atoms with Crippen molar-refractivity contribution in [2.75, 3.05) is 0 Å². The second-order valence-corrected chi connectivity index (χ2v) is 5.13. The van der Waals surface area contributed by atoms with Crippen molar-refractivity contribution in [3.05, 3.63) is 65.5 Å². The largest absolute Gasteiger partial charge is 0.351 e. The third-order valence-corrected chi connectivity index (χ3v) is 3.47. The van der Waals surface area contributed by atoms with E-state index in [0.717, 1.165) is 10.9 Å². The quantitative estimate of drug-likeness (QED) is 0.797. The summed E-state index contributed by atoms with van der Waals surface area (Å²) < 4.78 is 4.97. The van der Waals surface area contributed by atoms with Crippen LogP contribution in [0, 0.1) is 6.92 Å². The molecule has 0 saturated carbocycles. The molecule has 0 bridgehead atoms. The lowest BCUT2D eigenvalue weighted by molar-refractivity contribution is 0.0902. The van der Waals surface area contributed by atoms with E-state index in [2.05, 4.69) is 34.7 Å². The molecule has 0 saturated heterocycles. The Labute approximate surface area is 122 Å². The molecule has 1 atom stereocenters. The highest BCUT2D eigenvalue weighted by molar-refractivity contribution is 5.91. The SMILES string of the molecule is Cc1cc(C(=O)NC(C)c2ccc3ccccc3c2)on1. The van der Waals surface area contributed by atoms with Crippen LogP contribution < -0.4 is 5.32 Å². The molecular weight excluding hydrogens is 264 g/mol. The summed E-state index contributed by atoms with van der Waals surface area (Å²) >= 11 is 0. The lowest BCUT2D eigenvalue weighted by Gasteiger charge is -2.14. The molecule has 0 aliphatic carbocycles. The molecule has 1 aromatic heterocycles. The highest BCUT2D eigenvalue weighted by Crippen LogP contribution is 2.20. The zero-order chi connectivity index (χ0) is 14.8.